The number of nitrogens with zero attached hydrogens (tertiary/aromatic N) is 2. The Hall–Kier alpha value is -2.10. The van der Waals surface area contributed by atoms with Crippen LogP contribution in [0, 0.1) is 13.8 Å². The maximum atomic E-state index is 6.26. The van der Waals surface area contributed by atoms with E-state index in [1.807, 2.05) is 35.9 Å². The van der Waals surface area contributed by atoms with Crippen LogP contribution in [0.15, 0.2) is 48.5 Å². The Morgan fingerprint density at radius 1 is 1.09 bits per heavy atom. The molecule has 0 unspecified atom stereocenters. The van der Waals surface area contributed by atoms with Gasteiger partial charge in [-0.05, 0) is 37.6 Å². The van der Waals surface area contributed by atoms with Crippen molar-refractivity contribution in [1.29, 1.82) is 0 Å². The molecule has 3 nitrogen and oxygen atoms in total. The molecule has 0 saturated heterocycles. The van der Waals surface area contributed by atoms with E-state index in [0.29, 0.717) is 6.54 Å². The van der Waals surface area contributed by atoms with Gasteiger partial charge in [-0.3, -0.25) is 0 Å². The third-order valence-electron chi connectivity index (χ3n) is 3.78. The van der Waals surface area contributed by atoms with Gasteiger partial charge in [0.05, 0.1) is 17.1 Å². The predicted molar refractivity (Wildman–Crippen MR) is 91.4 cm³/mol. The number of hydrogen-bond donors (Lipinski definition) is 1. The Morgan fingerprint density at radius 2 is 1.82 bits per heavy atom. The van der Waals surface area contributed by atoms with Crippen LogP contribution in [0.2, 0.25) is 5.02 Å². The third kappa shape index (κ3) is 2.65. The van der Waals surface area contributed by atoms with Gasteiger partial charge in [0.1, 0.15) is 0 Å². The second kappa shape index (κ2) is 5.95. The van der Waals surface area contributed by atoms with E-state index in [4.69, 9.17) is 17.3 Å². The summed E-state index contributed by atoms with van der Waals surface area (Å²) in [5, 5.41) is 5.37. The summed E-state index contributed by atoms with van der Waals surface area (Å²) in [5.74, 6) is 0. The van der Waals surface area contributed by atoms with Gasteiger partial charge in [-0.15, -0.1) is 0 Å². The maximum Gasteiger partial charge on any atom is 0.0771 e. The summed E-state index contributed by atoms with van der Waals surface area (Å²) in [6.45, 7) is 4.49. The van der Waals surface area contributed by atoms with Crippen LogP contribution >= 0.6 is 11.6 Å². The summed E-state index contributed by atoms with van der Waals surface area (Å²) < 4.78 is 1.92. The number of nitrogens with two attached hydrogens (primary N) is 1. The fraction of sp³-hybridized carbons (Fsp3) is 0.167. The Morgan fingerprint density at radius 3 is 2.50 bits per heavy atom. The molecule has 2 aromatic carbocycles. The van der Waals surface area contributed by atoms with Gasteiger partial charge in [0.15, 0.2) is 0 Å². The van der Waals surface area contributed by atoms with Crippen LogP contribution in [0.4, 0.5) is 0 Å². The van der Waals surface area contributed by atoms with Crippen molar-refractivity contribution < 1.29 is 0 Å². The van der Waals surface area contributed by atoms with E-state index in [-0.39, 0.29) is 0 Å². The lowest BCUT2D eigenvalue weighted by molar-refractivity contribution is 0.833. The molecule has 0 saturated carbocycles. The molecule has 0 aliphatic rings. The molecule has 0 atom stereocenters. The lowest BCUT2D eigenvalue weighted by Crippen LogP contribution is -2.03. The third-order valence-corrected chi connectivity index (χ3v) is 4.19. The van der Waals surface area contributed by atoms with E-state index in [9.17, 15) is 0 Å². The average molecular weight is 312 g/mol. The van der Waals surface area contributed by atoms with Gasteiger partial charge in [0, 0.05) is 17.1 Å². The number of halogens is 1. The summed E-state index contributed by atoms with van der Waals surface area (Å²) in [6.07, 6.45) is 0. The van der Waals surface area contributed by atoms with Gasteiger partial charge in [-0.1, -0.05) is 47.5 Å². The van der Waals surface area contributed by atoms with Crippen LogP contribution in [-0.4, -0.2) is 9.78 Å². The first-order valence-corrected chi connectivity index (χ1v) is 7.59. The van der Waals surface area contributed by atoms with Crippen LogP contribution in [-0.2, 0) is 6.54 Å². The van der Waals surface area contributed by atoms with Gasteiger partial charge < -0.3 is 5.73 Å². The molecule has 0 bridgehead atoms. The minimum Gasteiger partial charge on any atom is -0.325 e. The first kappa shape index (κ1) is 14.8. The molecule has 2 N–H and O–H groups in total. The smallest absolute Gasteiger partial charge is 0.0771 e. The largest absolute Gasteiger partial charge is 0.325 e. The predicted octanol–water partition coefficient (Wildman–Crippen LogP) is 4.27. The highest BCUT2D eigenvalue weighted by Crippen LogP contribution is 2.28. The van der Waals surface area contributed by atoms with E-state index in [1.165, 1.54) is 5.56 Å². The van der Waals surface area contributed by atoms with Crippen LogP contribution in [0.25, 0.3) is 16.9 Å². The summed E-state index contributed by atoms with van der Waals surface area (Å²) in [4.78, 5) is 0. The lowest BCUT2D eigenvalue weighted by Gasteiger charge is -2.11. The Kier molecular flexibility index (Phi) is 4.01. The van der Waals surface area contributed by atoms with Crippen molar-refractivity contribution in [2.24, 2.45) is 5.73 Å². The molecule has 0 amide bonds. The number of rotatable bonds is 3. The Bertz CT molecular complexity index is 804. The molecule has 112 valence electrons. The average Bonchev–Trinajstić information content (AvgIpc) is 2.95. The highest BCUT2D eigenvalue weighted by Gasteiger charge is 2.13. The standard InChI is InChI=1S/C18H18ClN3/c1-12-6-8-14(9-7-12)18-10-15(11-20)21-22(18)17-5-3-4-16(19)13(17)2/h3-10H,11,20H2,1-2H3. The van der Waals surface area contributed by atoms with Crippen molar-refractivity contribution in [2.45, 2.75) is 20.4 Å². The number of hydrogen-bond acceptors (Lipinski definition) is 2. The second-order valence-corrected chi connectivity index (χ2v) is 5.79. The van der Waals surface area contributed by atoms with Crippen molar-refractivity contribution in [2.75, 3.05) is 0 Å². The van der Waals surface area contributed by atoms with E-state index >= 15 is 0 Å². The zero-order valence-corrected chi connectivity index (χ0v) is 13.4. The minimum absolute atomic E-state index is 0.408. The monoisotopic (exact) mass is 311 g/mol. The molecule has 0 radical (unpaired) electrons. The number of aryl methyl sites for hydroxylation is 1. The molecule has 0 aliphatic heterocycles. The first-order valence-electron chi connectivity index (χ1n) is 7.21. The van der Waals surface area contributed by atoms with Crippen LogP contribution < -0.4 is 5.73 Å². The van der Waals surface area contributed by atoms with Gasteiger partial charge in [0.25, 0.3) is 0 Å². The molecular weight excluding hydrogens is 294 g/mol. The normalized spacial score (nSPS) is 10.9. The van der Waals surface area contributed by atoms with Crippen LogP contribution in [0.1, 0.15) is 16.8 Å². The number of benzene rings is 2. The van der Waals surface area contributed by atoms with Crippen LogP contribution in [0.3, 0.4) is 0 Å². The lowest BCUT2D eigenvalue weighted by atomic mass is 10.1. The Balaban J connectivity index is 2.21. The van der Waals surface area contributed by atoms with Crippen molar-refractivity contribution in [3.05, 3.63) is 70.4 Å². The molecule has 1 aromatic heterocycles. The second-order valence-electron chi connectivity index (χ2n) is 5.39. The highest BCUT2D eigenvalue weighted by molar-refractivity contribution is 6.31. The molecule has 4 heteroatoms. The van der Waals surface area contributed by atoms with Crippen molar-refractivity contribution in [1.82, 2.24) is 9.78 Å². The molecule has 0 fully saturated rings. The molecule has 0 spiro atoms. The molecule has 0 aliphatic carbocycles. The first-order chi connectivity index (χ1) is 10.6. The fourth-order valence-electron chi connectivity index (χ4n) is 2.47. The van der Waals surface area contributed by atoms with Crippen LogP contribution in [0.5, 0.6) is 0 Å². The molecule has 3 aromatic rings. The molecular formula is C18H18ClN3. The van der Waals surface area contributed by atoms with Crippen molar-refractivity contribution >= 4 is 11.6 Å². The van der Waals surface area contributed by atoms with Gasteiger partial charge in [-0.25, -0.2) is 4.68 Å². The highest BCUT2D eigenvalue weighted by atomic mass is 35.5. The quantitative estimate of drug-likeness (QED) is 0.785. The molecule has 22 heavy (non-hydrogen) atoms. The maximum absolute atomic E-state index is 6.26. The summed E-state index contributed by atoms with van der Waals surface area (Å²) in [6, 6.07) is 16.3. The number of aromatic nitrogens is 2. The van der Waals surface area contributed by atoms with E-state index in [1.54, 1.807) is 0 Å². The molecule has 3 rings (SSSR count). The van der Waals surface area contributed by atoms with E-state index in [0.717, 1.165) is 33.2 Å². The minimum atomic E-state index is 0.408. The van der Waals surface area contributed by atoms with Crippen molar-refractivity contribution in [3.63, 3.8) is 0 Å². The zero-order valence-electron chi connectivity index (χ0n) is 12.7. The molecule has 1 heterocycles. The van der Waals surface area contributed by atoms with Gasteiger partial charge >= 0.3 is 0 Å². The topological polar surface area (TPSA) is 43.8 Å². The fourth-order valence-corrected chi connectivity index (χ4v) is 2.64. The van der Waals surface area contributed by atoms with Gasteiger partial charge in [-0.2, -0.15) is 5.10 Å². The van der Waals surface area contributed by atoms with E-state index in [2.05, 4.69) is 36.3 Å². The Labute approximate surface area is 135 Å². The summed E-state index contributed by atoms with van der Waals surface area (Å²) in [7, 11) is 0. The SMILES string of the molecule is Cc1ccc(-c2cc(CN)nn2-c2cccc(Cl)c2C)cc1. The zero-order chi connectivity index (χ0) is 15.7. The van der Waals surface area contributed by atoms with Crippen molar-refractivity contribution in [3.8, 4) is 16.9 Å². The van der Waals surface area contributed by atoms with E-state index < -0.39 is 0 Å². The summed E-state index contributed by atoms with van der Waals surface area (Å²) >= 11 is 6.26. The summed E-state index contributed by atoms with van der Waals surface area (Å²) in [5.41, 5.74) is 12.0. The van der Waals surface area contributed by atoms with Gasteiger partial charge in [0.2, 0.25) is 0 Å².